The van der Waals surface area contributed by atoms with E-state index < -0.39 is 0 Å². The molecule has 0 radical (unpaired) electrons. The molecular weight excluding hydrogens is 378 g/mol. The number of carbonyl (C=O) groups is 2. The second-order valence-electron chi connectivity index (χ2n) is 8.59. The zero-order valence-electron chi connectivity index (χ0n) is 18.3. The molecule has 3 amide bonds. The van der Waals surface area contributed by atoms with E-state index in [-0.39, 0.29) is 36.6 Å². The number of ether oxygens (including phenoxy) is 1. The van der Waals surface area contributed by atoms with Crippen molar-refractivity contribution in [3.05, 3.63) is 48.6 Å². The van der Waals surface area contributed by atoms with Gasteiger partial charge in [0.15, 0.2) is 0 Å². The minimum Gasteiger partial charge on any atom is -0.366 e. The van der Waals surface area contributed by atoms with Gasteiger partial charge in [0.2, 0.25) is 5.91 Å². The maximum absolute atomic E-state index is 13.1. The fraction of sp³-hybridized carbons (Fsp3) is 0.583. The lowest BCUT2D eigenvalue weighted by Gasteiger charge is -2.44. The van der Waals surface area contributed by atoms with E-state index in [4.69, 9.17) is 4.74 Å². The van der Waals surface area contributed by atoms with E-state index in [1.807, 2.05) is 22.8 Å². The van der Waals surface area contributed by atoms with Crippen LogP contribution in [0.2, 0.25) is 0 Å². The van der Waals surface area contributed by atoms with Crippen LogP contribution in [0.15, 0.2) is 48.6 Å². The van der Waals surface area contributed by atoms with Crippen molar-refractivity contribution in [1.82, 2.24) is 15.1 Å². The monoisotopic (exact) mass is 413 g/mol. The molecule has 1 N–H and O–H groups in total. The summed E-state index contributed by atoms with van der Waals surface area (Å²) in [5, 5.41) is 2.97. The van der Waals surface area contributed by atoms with Gasteiger partial charge >= 0.3 is 6.03 Å². The molecule has 3 heterocycles. The summed E-state index contributed by atoms with van der Waals surface area (Å²) in [6.45, 7) is 15.0. The fourth-order valence-electron chi connectivity index (χ4n) is 5.05. The van der Waals surface area contributed by atoms with Crippen LogP contribution < -0.4 is 5.32 Å². The van der Waals surface area contributed by atoms with Gasteiger partial charge in [-0.3, -0.25) is 4.79 Å². The van der Waals surface area contributed by atoms with Gasteiger partial charge in [-0.05, 0) is 44.6 Å². The summed E-state index contributed by atoms with van der Waals surface area (Å²) >= 11 is 0. The van der Waals surface area contributed by atoms with E-state index in [9.17, 15) is 9.59 Å². The third-order valence-electron chi connectivity index (χ3n) is 6.44. The predicted octanol–water partition coefficient (Wildman–Crippen LogP) is 3.29. The van der Waals surface area contributed by atoms with Crippen LogP contribution in [0.4, 0.5) is 4.79 Å². The third kappa shape index (κ3) is 5.04. The Morgan fingerprint density at radius 3 is 2.57 bits per heavy atom. The molecule has 0 spiro atoms. The van der Waals surface area contributed by atoms with Crippen molar-refractivity contribution in [2.45, 2.75) is 45.3 Å². The highest BCUT2D eigenvalue weighted by molar-refractivity contribution is 5.79. The first-order chi connectivity index (χ1) is 14.4. The number of nitrogens with zero attached hydrogens (tertiary/aromatic N) is 2. The van der Waals surface area contributed by atoms with Crippen LogP contribution in [0.1, 0.15) is 33.1 Å². The number of piperidine rings is 2. The molecule has 0 aromatic carbocycles. The van der Waals surface area contributed by atoms with Gasteiger partial charge in [-0.1, -0.05) is 43.0 Å². The van der Waals surface area contributed by atoms with Crippen molar-refractivity contribution in [3.63, 3.8) is 0 Å². The second kappa shape index (κ2) is 10.1. The van der Waals surface area contributed by atoms with E-state index in [1.54, 1.807) is 0 Å². The highest BCUT2D eigenvalue weighted by Gasteiger charge is 2.38. The zero-order valence-corrected chi connectivity index (χ0v) is 18.3. The van der Waals surface area contributed by atoms with E-state index >= 15 is 0 Å². The van der Waals surface area contributed by atoms with Crippen molar-refractivity contribution in [2.24, 2.45) is 11.8 Å². The Bertz CT molecular complexity index is 734. The summed E-state index contributed by atoms with van der Waals surface area (Å²) < 4.78 is 5.60. The first-order valence-corrected chi connectivity index (χ1v) is 11.0. The molecule has 0 saturated carbocycles. The number of amides is 3. The molecule has 6 nitrogen and oxygen atoms in total. The number of allylic oxidation sites excluding steroid dienone is 6. The largest absolute Gasteiger partial charge is 0.366 e. The molecule has 30 heavy (non-hydrogen) atoms. The summed E-state index contributed by atoms with van der Waals surface area (Å²) in [7, 11) is 0. The van der Waals surface area contributed by atoms with Crippen LogP contribution in [0, 0.1) is 11.8 Å². The molecule has 164 valence electrons. The van der Waals surface area contributed by atoms with Crippen molar-refractivity contribution in [1.29, 1.82) is 0 Å². The van der Waals surface area contributed by atoms with E-state index in [1.165, 1.54) is 5.57 Å². The average molecular weight is 414 g/mol. The molecule has 6 heteroatoms. The van der Waals surface area contributed by atoms with Crippen LogP contribution in [-0.4, -0.2) is 66.7 Å². The first-order valence-electron chi connectivity index (χ1n) is 11.0. The summed E-state index contributed by atoms with van der Waals surface area (Å²) in [4.78, 5) is 28.6. The SMILES string of the molecule is C=C/C=C(\C=C/C)C(C(=C)C)C1CCN(C(=O)N2CCC3OCC(=O)NC3C2)CC1. The van der Waals surface area contributed by atoms with E-state index in [0.717, 1.165) is 37.9 Å². The molecule has 3 aliphatic heterocycles. The first kappa shape index (κ1) is 22.3. The number of hydrogen-bond donors (Lipinski definition) is 1. The van der Waals surface area contributed by atoms with Crippen LogP contribution in [0.25, 0.3) is 0 Å². The van der Waals surface area contributed by atoms with Gasteiger partial charge in [-0.25, -0.2) is 4.79 Å². The minimum atomic E-state index is -0.0956. The molecule has 0 aromatic heterocycles. The number of carbonyl (C=O) groups excluding carboxylic acids is 2. The highest BCUT2D eigenvalue weighted by Crippen LogP contribution is 2.35. The molecule has 3 fully saturated rings. The topological polar surface area (TPSA) is 61.9 Å². The normalized spacial score (nSPS) is 26.9. The van der Waals surface area contributed by atoms with E-state index in [0.29, 0.717) is 19.0 Å². The number of urea groups is 1. The van der Waals surface area contributed by atoms with Crippen molar-refractivity contribution in [2.75, 3.05) is 32.8 Å². The summed E-state index contributed by atoms with van der Waals surface area (Å²) in [6.07, 6.45) is 10.8. The third-order valence-corrected chi connectivity index (χ3v) is 6.44. The van der Waals surface area contributed by atoms with Gasteiger partial charge in [0.05, 0.1) is 12.1 Å². The number of hydrogen-bond acceptors (Lipinski definition) is 3. The number of nitrogens with one attached hydrogen (secondary N) is 1. The Morgan fingerprint density at radius 2 is 1.93 bits per heavy atom. The molecule has 3 rings (SSSR count). The minimum absolute atomic E-state index is 0.0236. The fourth-order valence-corrected chi connectivity index (χ4v) is 5.05. The molecule has 0 aliphatic carbocycles. The van der Waals surface area contributed by atoms with Gasteiger partial charge < -0.3 is 19.9 Å². The van der Waals surface area contributed by atoms with Gasteiger partial charge in [0.25, 0.3) is 0 Å². The molecule has 3 saturated heterocycles. The van der Waals surface area contributed by atoms with Crippen LogP contribution in [0.3, 0.4) is 0 Å². The van der Waals surface area contributed by atoms with E-state index in [2.05, 4.69) is 43.6 Å². The van der Waals surface area contributed by atoms with Crippen LogP contribution in [0.5, 0.6) is 0 Å². The molecule has 0 aromatic rings. The highest BCUT2D eigenvalue weighted by atomic mass is 16.5. The summed E-state index contributed by atoms with van der Waals surface area (Å²) in [5.41, 5.74) is 2.39. The maximum Gasteiger partial charge on any atom is 0.320 e. The summed E-state index contributed by atoms with van der Waals surface area (Å²) in [5.74, 6) is 0.647. The lowest BCUT2D eigenvalue weighted by molar-refractivity contribution is -0.139. The lowest BCUT2D eigenvalue weighted by Crippen LogP contribution is -2.62. The predicted molar refractivity (Wildman–Crippen MR) is 119 cm³/mol. The van der Waals surface area contributed by atoms with Gasteiger partial charge in [-0.2, -0.15) is 0 Å². The number of likely N-dealkylation sites (tertiary alicyclic amines) is 2. The van der Waals surface area contributed by atoms with Crippen molar-refractivity contribution < 1.29 is 14.3 Å². The van der Waals surface area contributed by atoms with Crippen LogP contribution >= 0.6 is 0 Å². The Kier molecular flexibility index (Phi) is 7.53. The molecule has 3 aliphatic rings. The average Bonchev–Trinajstić information content (AvgIpc) is 2.73. The molecule has 3 unspecified atom stereocenters. The quantitative estimate of drug-likeness (QED) is 0.556. The molecular formula is C24H35N3O3. The second-order valence-corrected chi connectivity index (χ2v) is 8.59. The Labute approximate surface area is 180 Å². The smallest absolute Gasteiger partial charge is 0.320 e. The Balaban J connectivity index is 1.59. The Hall–Kier alpha value is -2.34. The Morgan fingerprint density at radius 1 is 1.23 bits per heavy atom. The number of rotatable bonds is 5. The maximum atomic E-state index is 13.1. The van der Waals surface area contributed by atoms with Gasteiger partial charge in [0, 0.05) is 32.1 Å². The van der Waals surface area contributed by atoms with Crippen molar-refractivity contribution in [3.8, 4) is 0 Å². The summed E-state index contributed by atoms with van der Waals surface area (Å²) in [6, 6.07) is -0.0179. The molecule has 0 bridgehead atoms. The van der Waals surface area contributed by atoms with Gasteiger partial charge in [0.1, 0.15) is 6.61 Å². The van der Waals surface area contributed by atoms with Gasteiger partial charge in [-0.15, -0.1) is 0 Å². The number of fused-ring (bicyclic) bond motifs is 1. The van der Waals surface area contributed by atoms with Crippen molar-refractivity contribution >= 4 is 11.9 Å². The number of morpholine rings is 1. The van der Waals surface area contributed by atoms with Crippen LogP contribution in [-0.2, 0) is 9.53 Å². The zero-order chi connectivity index (χ0) is 21.7. The molecule has 3 atom stereocenters. The lowest BCUT2D eigenvalue weighted by atomic mass is 9.76. The standard InChI is InChI=1S/C24H35N3O3/c1-5-7-18(8-6-2)23(17(3)4)19-9-12-26(13-10-19)24(29)27-14-11-21-20(15-27)25-22(28)16-30-21/h5-8,19-21,23H,1,3,9-16H2,2,4H3,(H,25,28)/b8-6-,18-7+.